The normalized spacial score (nSPS) is 12.3. The smallest absolute Gasteiger partial charge is 0.240 e. The van der Waals surface area contributed by atoms with Gasteiger partial charge in [0.25, 0.3) is 0 Å². The molecule has 6 heteroatoms. The van der Waals surface area contributed by atoms with E-state index in [4.69, 9.17) is 4.52 Å². The van der Waals surface area contributed by atoms with Crippen LogP contribution in [0.2, 0.25) is 0 Å². The molecular formula is C15H12BrN3OS. The quantitative estimate of drug-likeness (QED) is 0.627. The van der Waals surface area contributed by atoms with Gasteiger partial charge in [0, 0.05) is 16.2 Å². The van der Waals surface area contributed by atoms with Crippen LogP contribution >= 0.6 is 27.7 Å². The average Bonchev–Trinajstić information content (AvgIpc) is 3.00. The van der Waals surface area contributed by atoms with Crippen LogP contribution in [0.15, 0.2) is 62.7 Å². The van der Waals surface area contributed by atoms with Gasteiger partial charge in [-0.15, -0.1) is 0 Å². The van der Waals surface area contributed by atoms with Crippen LogP contribution < -0.4 is 0 Å². The van der Waals surface area contributed by atoms with E-state index < -0.39 is 0 Å². The fourth-order valence-corrected chi connectivity index (χ4v) is 3.15. The molecule has 0 N–H and O–H groups in total. The second kappa shape index (κ2) is 6.41. The molecule has 1 aromatic carbocycles. The summed E-state index contributed by atoms with van der Waals surface area (Å²) in [5.74, 6) is 1.20. The largest absolute Gasteiger partial charge is 0.338 e. The maximum atomic E-state index is 5.37. The van der Waals surface area contributed by atoms with Crippen molar-refractivity contribution in [3.63, 3.8) is 0 Å². The highest BCUT2D eigenvalue weighted by atomic mass is 79.9. The number of pyridine rings is 1. The van der Waals surface area contributed by atoms with E-state index in [1.54, 1.807) is 18.0 Å². The van der Waals surface area contributed by atoms with Crippen molar-refractivity contribution in [1.82, 2.24) is 15.1 Å². The summed E-state index contributed by atoms with van der Waals surface area (Å²) in [7, 11) is 0. The van der Waals surface area contributed by atoms with E-state index in [-0.39, 0.29) is 5.25 Å². The van der Waals surface area contributed by atoms with Gasteiger partial charge in [0.15, 0.2) is 0 Å². The Morgan fingerprint density at radius 1 is 1.14 bits per heavy atom. The predicted octanol–water partition coefficient (Wildman–Crippen LogP) is 4.75. The summed E-state index contributed by atoms with van der Waals surface area (Å²) in [6, 6.07) is 13.6. The SMILES string of the molecule is CC(Sc1ncccc1Br)c1nc(-c2ccccc2)no1. The number of nitrogens with zero attached hydrogens (tertiary/aromatic N) is 3. The number of benzene rings is 1. The molecular weight excluding hydrogens is 350 g/mol. The molecule has 0 spiro atoms. The van der Waals surface area contributed by atoms with Gasteiger partial charge in [0.1, 0.15) is 5.03 Å². The second-order valence-electron chi connectivity index (χ2n) is 4.37. The highest BCUT2D eigenvalue weighted by Gasteiger charge is 2.18. The Balaban J connectivity index is 1.79. The lowest BCUT2D eigenvalue weighted by Crippen LogP contribution is -1.91. The Morgan fingerprint density at radius 2 is 1.95 bits per heavy atom. The molecule has 4 nitrogen and oxygen atoms in total. The topological polar surface area (TPSA) is 51.8 Å². The van der Waals surface area contributed by atoms with Gasteiger partial charge in [-0.3, -0.25) is 0 Å². The molecule has 3 aromatic rings. The van der Waals surface area contributed by atoms with Crippen LogP contribution in [0.3, 0.4) is 0 Å². The van der Waals surface area contributed by atoms with E-state index in [9.17, 15) is 0 Å². The van der Waals surface area contributed by atoms with E-state index in [2.05, 4.69) is 31.1 Å². The summed E-state index contributed by atoms with van der Waals surface area (Å²) in [6.45, 7) is 2.02. The molecule has 0 radical (unpaired) electrons. The number of rotatable bonds is 4. The summed E-state index contributed by atoms with van der Waals surface area (Å²) >= 11 is 5.07. The summed E-state index contributed by atoms with van der Waals surface area (Å²) < 4.78 is 6.33. The van der Waals surface area contributed by atoms with E-state index in [1.807, 2.05) is 49.4 Å². The standard InChI is InChI=1S/C15H12BrN3OS/c1-10(21-15-12(16)8-5-9-17-15)14-18-13(19-20-14)11-6-3-2-4-7-11/h2-10H,1H3. The summed E-state index contributed by atoms with van der Waals surface area (Å²) in [4.78, 5) is 8.80. The molecule has 2 aromatic heterocycles. The molecule has 0 aliphatic rings. The lowest BCUT2D eigenvalue weighted by molar-refractivity contribution is 0.380. The van der Waals surface area contributed by atoms with Gasteiger partial charge in [-0.05, 0) is 35.0 Å². The van der Waals surface area contributed by atoms with Gasteiger partial charge in [-0.25, -0.2) is 4.98 Å². The first kappa shape index (κ1) is 14.3. The summed E-state index contributed by atoms with van der Waals surface area (Å²) in [5, 5.41) is 4.98. The van der Waals surface area contributed by atoms with E-state index in [0.29, 0.717) is 11.7 Å². The molecule has 0 amide bonds. The molecule has 21 heavy (non-hydrogen) atoms. The number of hydrogen-bond acceptors (Lipinski definition) is 5. The Bertz CT molecular complexity index is 733. The van der Waals surface area contributed by atoms with Crippen molar-refractivity contribution >= 4 is 27.7 Å². The van der Waals surface area contributed by atoms with Crippen LogP contribution in [-0.4, -0.2) is 15.1 Å². The van der Waals surface area contributed by atoms with Gasteiger partial charge < -0.3 is 4.52 Å². The molecule has 0 bridgehead atoms. The first-order valence-corrected chi connectivity index (χ1v) is 8.07. The van der Waals surface area contributed by atoms with Crippen LogP contribution in [0.4, 0.5) is 0 Å². The predicted molar refractivity (Wildman–Crippen MR) is 85.9 cm³/mol. The molecule has 0 aliphatic carbocycles. The van der Waals surface area contributed by atoms with Gasteiger partial charge >= 0.3 is 0 Å². The van der Waals surface area contributed by atoms with Crippen molar-refractivity contribution in [2.45, 2.75) is 17.2 Å². The molecule has 0 aliphatic heterocycles. The van der Waals surface area contributed by atoms with E-state index in [0.717, 1.165) is 15.1 Å². The molecule has 1 unspecified atom stereocenters. The highest BCUT2D eigenvalue weighted by Crippen LogP contribution is 2.36. The first-order chi connectivity index (χ1) is 10.2. The zero-order valence-corrected chi connectivity index (χ0v) is 13.6. The number of thioether (sulfide) groups is 1. The third-order valence-electron chi connectivity index (χ3n) is 2.83. The fraction of sp³-hybridized carbons (Fsp3) is 0.133. The third kappa shape index (κ3) is 3.33. The molecule has 0 fully saturated rings. The Labute approximate surface area is 135 Å². The lowest BCUT2D eigenvalue weighted by atomic mass is 10.2. The van der Waals surface area contributed by atoms with E-state index >= 15 is 0 Å². The van der Waals surface area contributed by atoms with Crippen molar-refractivity contribution in [2.24, 2.45) is 0 Å². The Morgan fingerprint density at radius 3 is 2.71 bits per heavy atom. The third-order valence-corrected chi connectivity index (χ3v) is 4.84. The highest BCUT2D eigenvalue weighted by molar-refractivity contribution is 9.10. The second-order valence-corrected chi connectivity index (χ2v) is 6.56. The number of halogens is 1. The summed E-state index contributed by atoms with van der Waals surface area (Å²) in [5.41, 5.74) is 0.948. The average molecular weight is 362 g/mol. The lowest BCUT2D eigenvalue weighted by Gasteiger charge is -2.06. The first-order valence-electron chi connectivity index (χ1n) is 6.40. The maximum Gasteiger partial charge on any atom is 0.240 e. The molecule has 0 saturated heterocycles. The van der Waals surface area contributed by atoms with Crippen LogP contribution in [0, 0.1) is 0 Å². The molecule has 0 saturated carbocycles. The van der Waals surface area contributed by atoms with Crippen LogP contribution in [0.5, 0.6) is 0 Å². The maximum absolute atomic E-state index is 5.37. The Kier molecular flexibility index (Phi) is 4.36. The summed E-state index contributed by atoms with van der Waals surface area (Å²) in [6.07, 6.45) is 1.77. The van der Waals surface area contributed by atoms with Crippen molar-refractivity contribution in [3.05, 3.63) is 59.0 Å². The minimum atomic E-state index is 0.0289. The van der Waals surface area contributed by atoms with E-state index in [1.165, 1.54) is 0 Å². The minimum Gasteiger partial charge on any atom is -0.338 e. The molecule has 106 valence electrons. The minimum absolute atomic E-state index is 0.0289. The van der Waals surface area contributed by atoms with Crippen LogP contribution in [0.25, 0.3) is 11.4 Å². The van der Waals surface area contributed by atoms with Crippen molar-refractivity contribution < 1.29 is 4.52 Å². The van der Waals surface area contributed by atoms with Crippen molar-refractivity contribution in [2.75, 3.05) is 0 Å². The van der Waals surface area contributed by atoms with Gasteiger partial charge in [0.2, 0.25) is 11.7 Å². The number of aromatic nitrogens is 3. The van der Waals surface area contributed by atoms with Crippen molar-refractivity contribution in [3.8, 4) is 11.4 Å². The van der Waals surface area contributed by atoms with Gasteiger partial charge in [-0.2, -0.15) is 4.98 Å². The monoisotopic (exact) mass is 361 g/mol. The van der Waals surface area contributed by atoms with Crippen LogP contribution in [-0.2, 0) is 0 Å². The number of hydrogen-bond donors (Lipinski definition) is 0. The van der Waals surface area contributed by atoms with Crippen molar-refractivity contribution in [1.29, 1.82) is 0 Å². The van der Waals surface area contributed by atoms with Gasteiger partial charge in [0.05, 0.1) is 5.25 Å². The van der Waals surface area contributed by atoms with Gasteiger partial charge in [-0.1, -0.05) is 47.3 Å². The molecule has 3 rings (SSSR count). The Hall–Kier alpha value is -1.66. The molecule has 1 atom stereocenters. The zero-order valence-electron chi connectivity index (χ0n) is 11.2. The fourth-order valence-electron chi connectivity index (χ4n) is 1.78. The van der Waals surface area contributed by atoms with Crippen LogP contribution in [0.1, 0.15) is 18.1 Å². The zero-order chi connectivity index (χ0) is 14.7. The molecule has 2 heterocycles.